The van der Waals surface area contributed by atoms with Gasteiger partial charge in [0.2, 0.25) is 0 Å². The monoisotopic (exact) mass is 341 g/mol. The van der Waals surface area contributed by atoms with E-state index < -0.39 is 22.7 Å². The van der Waals surface area contributed by atoms with Crippen LogP contribution >= 0.6 is 11.6 Å². The fourth-order valence-corrected chi connectivity index (χ4v) is 2.77. The summed E-state index contributed by atoms with van der Waals surface area (Å²) in [7, 11) is 0. The second-order valence-corrected chi connectivity index (χ2v) is 6.77. The number of nitro groups is 1. The molecule has 0 saturated carbocycles. The minimum absolute atomic E-state index is 0.0546. The summed E-state index contributed by atoms with van der Waals surface area (Å²) >= 11 is 6.16. The molecule has 8 heteroatoms. The third-order valence-electron chi connectivity index (χ3n) is 3.40. The topological polar surface area (TPSA) is 84.7 Å². The first-order chi connectivity index (χ1) is 10.7. The van der Waals surface area contributed by atoms with E-state index in [-0.39, 0.29) is 12.2 Å². The SMILES string of the molecule is CC(C)(C)OC(=O)N1CCNC(c2c(Cl)cccc2[N+](=O)[O-])C1. The lowest BCUT2D eigenvalue weighted by molar-refractivity contribution is -0.385. The van der Waals surface area contributed by atoms with Crippen LogP contribution in [0.2, 0.25) is 5.02 Å². The van der Waals surface area contributed by atoms with Gasteiger partial charge < -0.3 is 15.0 Å². The Balaban J connectivity index is 2.22. The third kappa shape index (κ3) is 4.33. The third-order valence-corrected chi connectivity index (χ3v) is 3.73. The molecular formula is C15H20ClN3O4. The first-order valence-corrected chi connectivity index (χ1v) is 7.71. The Morgan fingerprint density at radius 3 is 2.78 bits per heavy atom. The molecule has 0 aliphatic carbocycles. The maximum atomic E-state index is 12.2. The normalized spacial score (nSPS) is 18.6. The molecule has 0 spiro atoms. The number of piperazine rings is 1. The molecule has 1 aliphatic rings. The molecule has 1 N–H and O–H groups in total. The van der Waals surface area contributed by atoms with Gasteiger partial charge in [-0.3, -0.25) is 10.1 Å². The van der Waals surface area contributed by atoms with Gasteiger partial charge in [-0.25, -0.2) is 4.79 Å². The summed E-state index contributed by atoms with van der Waals surface area (Å²) in [5, 5.41) is 14.7. The van der Waals surface area contributed by atoms with E-state index in [9.17, 15) is 14.9 Å². The van der Waals surface area contributed by atoms with Crippen LogP contribution in [0.25, 0.3) is 0 Å². The van der Waals surface area contributed by atoms with Crippen LogP contribution in [-0.2, 0) is 4.74 Å². The van der Waals surface area contributed by atoms with Crippen LogP contribution in [0.1, 0.15) is 32.4 Å². The van der Waals surface area contributed by atoms with Crippen molar-refractivity contribution in [2.24, 2.45) is 0 Å². The summed E-state index contributed by atoms with van der Waals surface area (Å²) in [6.45, 7) is 6.63. The Kier molecular flexibility index (Phi) is 5.11. The van der Waals surface area contributed by atoms with E-state index in [0.29, 0.717) is 23.7 Å². The van der Waals surface area contributed by atoms with E-state index in [1.165, 1.54) is 6.07 Å². The van der Waals surface area contributed by atoms with Crippen LogP contribution in [0.3, 0.4) is 0 Å². The van der Waals surface area contributed by atoms with Crippen LogP contribution in [0.5, 0.6) is 0 Å². The van der Waals surface area contributed by atoms with E-state index >= 15 is 0 Å². The van der Waals surface area contributed by atoms with Gasteiger partial charge in [-0.15, -0.1) is 0 Å². The second kappa shape index (κ2) is 6.72. The highest BCUT2D eigenvalue weighted by Gasteiger charge is 2.32. The zero-order valence-electron chi connectivity index (χ0n) is 13.3. The summed E-state index contributed by atoms with van der Waals surface area (Å²) in [5.41, 5.74) is -0.248. The molecule has 1 unspecified atom stereocenters. The Morgan fingerprint density at radius 1 is 1.48 bits per heavy atom. The van der Waals surface area contributed by atoms with Crippen molar-refractivity contribution >= 4 is 23.4 Å². The predicted molar refractivity (Wildman–Crippen MR) is 86.7 cm³/mol. The Bertz CT molecular complexity index is 615. The average Bonchev–Trinajstić information content (AvgIpc) is 2.45. The highest BCUT2D eigenvalue weighted by atomic mass is 35.5. The van der Waals surface area contributed by atoms with Crippen LogP contribution in [-0.4, -0.2) is 41.2 Å². The van der Waals surface area contributed by atoms with Crippen molar-refractivity contribution in [2.75, 3.05) is 19.6 Å². The first kappa shape index (κ1) is 17.5. The number of halogens is 1. The Hall–Kier alpha value is -1.86. The molecule has 7 nitrogen and oxygen atoms in total. The number of rotatable bonds is 2. The van der Waals surface area contributed by atoms with Gasteiger partial charge in [-0.2, -0.15) is 0 Å². The van der Waals surface area contributed by atoms with Gasteiger partial charge in [0.25, 0.3) is 5.69 Å². The minimum atomic E-state index is -0.589. The van der Waals surface area contributed by atoms with Crippen LogP contribution in [0.4, 0.5) is 10.5 Å². The molecule has 1 aromatic rings. The molecule has 23 heavy (non-hydrogen) atoms. The van der Waals surface area contributed by atoms with Crippen molar-refractivity contribution in [3.05, 3.63) is 38.9 Å². The van der Waals surface area contributed by atoms with E-state index in [1.54, 1.807) is 37.8 Å². The molecule has 1 heterocycles. The van der Waals surface area contributed by atoms with Crippen molar-refractivity contribution in [3.8, 4) is 0 Å². The molecule has 0 bridgehead atoms. The molecule has 0 aromatic heterocycles. The quantitative estimate of drug-likeness (QED) is 0.660. The second-order valence-electron chi connectivity index (χ2n) is 6.36. The van der Waals surface area contributed by atoms with Gasteiger partial charge in [0.1, 0.15) is 5.60 Å². The van der Waals surface area contributed by atoms with Gasteiger partial charge in [0, 0.05) is 25.7 Å². The lowest BCUT2D eigenvalue weighted by atomic mass is 10.0. The van der Waals surface area contributed by atoms with E-state index in [2.05, 4.69) is 5.32 Å². The lowest BCUT2D eigenvalue weighted by Gasteiger charge is -2.35. The highest BCUT2D eigenvalue weighted by Crippen LogP contribution is 2.33. The summed E-state index contributed by atoms with van der Waals surface area (Å²) in [4.78, 5) is 24.5. The van der Waals surface area contributed by atoms with Crippen molar-refractivity contribution in [2.45, 2.75) is 32.4 Å². The van der Waals surface area contributed by atoms with Gasteiger partial charge in [-0.1, -0.05) is 17.7 Å². The number of hydrogen-bond donors (Lipinski definition) is 1. The number of carbonyl (C=O) groups excluding carboxylic acids is 1. The van der Waals surface area contributed by atoms with E-state index in [1.807, 2.05) is 0 Å². The lowest BCUT2D eigenvalue weighted by Crippen LogP contribution is -2.49. The molecule has 1 amide bonds. The summed E-state index contributed by atoms with van der Waals surface area (Å²) < 4.78 is 5.36. The number of nitrogens with zero attached hydrogens (tertiary/aromatic N) is 2. The molecule has 1 aliphatic heterocycles. The fourth-order valence-electron chi connectivity index (χ4n) is 2.47. The van der Waals surface area contributed by atoms with Crippen LogP contribution < -0.4 is 5.32 Å². The molecule has 126 valence electrons. The molecular weight excluding hydrogens is 322 g/mol. The zero-order chi connectivity index (χ0) is 17.2. The number of nitrogens with one attached hydrogen (secondary N) is 1. The van der Waals surface area contributed by atoms with Crippen molar-refractivity contribution in [3.63, 3.8) is 0 Å². The molecule has 2 rings (SSSR count). The number of carbonyl (C=O) groups is 1. The first-order valence-electron chi connectivity index (χ1n) is 7.33. The smallest absolute Gasteiger partial charge is 0.410 e. The Morgan fingerprint density at radius 2 is 2.17 bits per heavy atom. The largest absolute Gasteiger partial charge is 0.444 e. The molecule has 1 aromatic carbocycles. The maximum Gasteiger partial charge on any atom is 0.410 e. The predicted octanol–water partition coefficient (Wildman–Crippen LogP) is 3.13. The number of benzene rings is 1. The van der Waals surface area contributed by atoms with Gasteiger partial charge in [-0.05, 0) is 26.8 Å². The molecule has 1 fully saturated rings. The fraction of sp³-hybridized carbons (Fsp3) is 0.533. The average molecular weight is 342 g/mol. The van der Waals surface area contributed by atoms with Crippen molar-refractivity contribution in [1.82, 2.24) is 10.2 Å². The maximum absolute atomic E-state index is 12.2. The molecule has 1 atom stereocenters. The van der Waals surface area contributed by atoms with Crippen LogP contribution in [0, 0.1) is 10.1 Å². The number of amides is 1. The molecule has 0 radical (unpaired) electrons. The summed E-state index contributed by atoms with van der Waals surface area (Å²) in [5.74, 6) is 0. The number of hydrogen-bond acceptors (Lipinski definition) is 5. The summed E-state index contributed by atoms with van der Waals surface area (Å²) in [6.07, 6.45) is -0.432. The van der Waals surface area contributed by atoms with Crippen molar-refractivity contribution in [1.29, 1.82) is 0 Å². The zero-order valence-corrected chi connectivity index (χ0v) is 14.1. The van der Waals surface area contributed by atoms with Crippen molar-refractivity contribution < 1.29 is 14.5 Å². The standard InChI is InChI=1S/C15H20ClN3O4/c1-15(2,3)23-14(20)18-8-7-17-11(9-18)13-10(16)5-4-6-12(13)19(21)22/h4-6,11,17H,7-9H2,1-3H3. The van der Waals surface area contributed by atoms with E-state index in [4.69, 9.17) is 16.3 Å². The number of nitro benzene ring substituents is 1. The van der Waals surface area contributed by atoms with Gasteiger partial charge in [0.15, 0.2) is 0 Å². The van der Waals surface area contributed by atoms with Gasteiger partial charge >= 0.3 is 6.09 Å². The minimum Gasteiger partial charge on any atom is -0.444 e. The van der Waals surface area contributed by atoms with E-state index in [0.717, 1.165) is 0 Å². The Labute approximate surface area is 139 Å². The van der Waals surface area contributed by atoms with Gasteiger partial charge in [0.05, 0.1) is 21.6 Å². The summed E-state index contributed by atoms with van der Waals surface area (Å²) in [6, 6.07) is 4.15. The molecule has 1 saturated heterocycles. The van der Waals surface area contributed by atoms with Crippen LogP contribution in [0.15, 0.2) is 18.2 Å². The number of ether oxygens (including phenoxy) is 1. The highest BCUT2D eigenvalue weighted by molar-refractivity contribution is 6.31.